The SMILES string of the molecule is CNc1ccc(NCc2ccco2)cc1. The Balaban J connectivity index is 1.93. The number of anilines is 2. The van der Waals surface area contributed by atoms with E-state index >= 15 is 0 Å². The second-order valence-corrected chi connectivity index (χ2v) is 3.26. The summed E-state index contributed by atoms with van der Waals surface area (Å²) in [6, 6.07) is 12.0. The smallest absolute Gasteiger partial charge is 0.122 e. The van der Waals surface area contributed by atoms with E-state index in [1.807, 2.05) is 43.4 Å². The van der Waals surface area contributed by atoms with E-state index < -0.39 is 0 Å². The average Bonchev–Trinajstić information content (AvgIpc) is 2.80. The maximum atomic E-state index is 5.23. The fourth-order valence-electron chi connectivity index (χ4n) is 1.36. The van der Waals surface area contributed by atoms with Gasteiger partial charge in [-0.15, -0.1) is 0 Å². The summed E-state index contributed by atoms with van der Waals surface area (Å²) in [5, 5.41) is 6.35. The molecule has 1 aromatic carbocycles. The lowest BCUT2D eigenvalue weighted by Gasteiger charge is -2.05. The van der Waals surface area contributed by atoms with Crippen LogP contribution in [0.3, 0.4) is 0 Å². The highest BCUT2D eigenvalue weighted by Crippen LogP contribution is 2.13. The maximum Gasteiger partial charge on any atom is 0.122 e. The number of furan rings is 1. The summed E-state index contributed by atoms with van der Waals surface area (Å²) in [6.07, 6.45) is 1.68. The molecule has 1 heterocycles. The highest BCUT2D eigenvalue weighted by Gasteiger charge is 1.95. The fourth-order valence-corrected chi connectivity index (χ4v) is 1.36. The highest BCUT2D eigenvalue weighted by atomic mass is 16.3. The van der Waals surface area contributed by atoms with Crippen molar-refractivity contribution in [2.75, 3.05) is 17.7 Å². The number of rotatable bonds is 4. The molecular weight excluding hydrogens is 188 g/mol. The molecular formula is C12H14N2O. The van der Waals surface area contributed by atoms with Gasteiger partial charge in [0.25, 0.3) is 0 Å². The minimum atomic E-state index is 0.714. The van der Waals surface area contributed by atoms with E-state index in [9.17, 15) is 0 Å². The predicted octanol–water partition coefficient (Wildman–Crippen LogP) is 2.93. The molecule has 0 saturated carbocycles. The van der Waals surface area contributed by atoms with E-state index in [4.69, 9.17) is 4.42 Å². The molecule has 2 rings (SSSR count). The Hall–Kier alpha value is -1.90. The van der Waals surface area contributed by atoms with Crippen LogP contribution >= 0.6 is 0 Å². The lowest BCUT2D eigenvalue weighted by molar-refractivity contribution is 0.518. The summed E-state index contributed by atoms with van der Waals surface area (Å²) in [6.45, 7) is 0.714. The largest absolute Gasteiger partial charge is 0.467 e. The van der Waals surface area contributed by atoms with Crippen molar-refractivity contribution in [1.29, 1.82) is 0 Å². The van der Waals surface area contributed by atoms with Gasteiger partial charge in [-0.1, -0.05) is 0 Å². The second kappa shape index (κ2) is 4.55. The molecule has 0 saturated heterocycles. The van der Waals surface area contributed by atoms with Crippen LogP contribution in [0.2, 0.25) is 0 Å². The average molecular weight is 202 g/mol. The first-order chi connectivity index (χ1) is 7.38. The van der Waals surface area contributed by atoms with Gasteiger partial charge < -0.3 is 15.1 Å². The van der Waals surface area contributed by atoms with Gasteiger partial charge in [0, 0.05) is 18.4 Å². The molecule has 0 spiro atoms. The first-order valence-corrected chi connectivity index (χ1v) is 4.92. The van der Waals surface area contributed by atoms with Crippen molar-refractivity contribution in [3.8, 4) is 0 Å². The van der Waals surface area contributed by atoms with E-state index in [0.29, 0.717) is 6.54 Å². The molecule has 15 heavy (non-hydrogen) atoms. The molecule has 78 valence electrons. The molecule has 0 atom stereocenters. The normalized spacial score (nSPS) is 9.93. The molecule has 0 aliphatic carbocycles. The third kappa shape index (κ3) is 2.53. The van der Waals surface area contributed by atoms with Gasteiger partial charge in [0.2, 0.25) is 0 Å². The van der Waals surface area contributed by atoms with Gasteiger partial charge >= 0.3 is 0 Å². The van der Waals surface area contributed by atoms with Gasteiger partial charge in [0.1, 0.15) is 5.76 Å². The van der Waals surface area contributed by atoms with Gasteiger partial charge in [-0.3, -0.25) is 0 Å². The molecule has 0 radical (unpaired) electrons. The Bertz CT molecular complexity index is 392. The fraction of sp³-hybridized carbons (Fsp3) is 0.167. The molecule has 0 unspecified atom stereocenters. The molecule has 0 fully saturated rings. The van der Waals surface area contributed by atoms with Gasteiger partial charge in [-0.2, -0.15) is 0 Å². The van der Waals surface area contributed by atoms with Gasteiger partial charge in [-0.05, 0) is 36.4 Å². The van der Waals surface area contributed by atoms with Crippen LogP contribution in [0.25, 0.3) is 0 Å². The minimum absolute atomic E-state index is 0.714. The Morgan fingerprint density at radius 3 is 2.40 bits per heavy atom. The lowest BCUT2D eigenvalue weighted by atomic mass is 10.3. The summed E-state index contributed by atoms with van der Waals surface area (Å²) < 4.78 is 5.23. The lowest BCUT2D eigenvalue weighted by Crippen LogP contribution is -1.98. The number of hydrogen-bond donors (Lipinski definition) is 2. The van der Waals surface area contributed by atoms with Crippen LogP contribution in [0, 0.1) is 0 Å². The van der Waals surface area contributed by atoms with Gasteiger partial charge in [0.05, 0.1) is 12.8 Å². The second-order valence-electron chi connectivity index (χ2n) is 3.26. The molecule has 0 amide bonds. The third-order valence-corrected chi connectivity index (χ3v) is 2.22. The number of hydrogen-bond acceptors (Lipinski definition) is 3. The molecule has 2 N–H and O–H groups in total. The Kier molecular flexibility index (Phi) is 2.93. The van der Waals surface area contributed by atoms with Crippen molar-refractivity contribution < 1.29 is 4.42 Å². The van der Waals surface area contributed by atoms with Crippen molar-refractivity contribution >= 4 is 11.4 Å². The molecule has 3 nitrogen and oxygen atoms in total. The van der Waals surface area contributed by atoms with Crippen LogP contribution < -0.4 is 10.6 Å². The van der Waals surface area contributed by atoms with Gasteiger partial charge in [0.15, 0.2) is 0 Å². The van der Waals surface area contributed by atoms with Crippen molar-refractivity contribution in [1.82, 2.24) is 0 Å². The Morgan fingerprint density at radius 1 is 1.07 bits per heavy atom. The topological polar surface area (TPSA) is 37.2 Å². The van der Waals surface area contributed by atoms with Crippen molar-refractivity contribution in [3.05, 3.63) is 48.4 Å². The molecule has 0 bridgehead atoms. The molecule has 0 aliphatic rings. The van der Waals surface area contributed by atoms with Crippen LogP contribution in [0.15, 0.2) is 47.1 Å². The first kappa shape index (κ1) is 9.65. The van der Waals surface area contributed by atoms with Crippen molar-refractivity contribution in [3.63, 3.8) is 0 Å². The van der Waals surface area contributed by atoms with E-state index in [2.05, 4.69) is 10.6 Å². The van der Waals surface area contributed by atoms with Crippen LogP contribution in [-0.4, -0.2) is 7.05 Å². The molecule has 1 aromatic heterocycles. The van der Waals surface area contributed by atoms with Crippen molar-refractivity contribution in [2.24, 2.45) is 0 Å². The van der Waals surface area contributed by atoms with E-state index in [1.54, 1.807) is 6.26 Å². The van der Waals surface area contributed by atoms with Crippen LogP contribution in [0.1, 0.15) is 5.76 Å². The summed E-state index contributed by atoms with van der Waals surface area (Å²) in [7, 11) is 1.91. The predicted molar refractivity (Wildman–Crippen MR) is 62.0 cm³/mol. The maximum absolute atomic E-state index is 5.23. The molecule has 0 aliphatic heterocycles. The summed E-state index contributed by atoms with van der Waals surface area (Å²) in [5.41, 5.74) is 2.20. The number of benzene rings is 1. The van der Waals surface area contributed by atoms with Crippen LogP contribution in [0.4, 0.5) is 11.4 Å². The van der Waals surface area contributed by atoms with Crippen LogP contribution in [-0.2, 0) is 6.54 Å². The first-order valence-electron chi connectivity index (χ1n) is 4.92. The van der Waals surface area contributed by atoms with E-state index in [1.165, 1.54) is 0 Å². The summed E-state index contributed by atoms with van der Waals surface area (Å²) >= 11 is 0. The standard InChI is InChI=1S/C12H14N2O/c1-13-10-4-6-11(7-5-10)14-9-12-3-2-8-15-12/h2-8,13-14H,9H2,1H3. The third-order valence-electron chi connectivity index (χ3n) is 2.22. The summed E-state index contributed by atoms with van der Waals surface area (Å²) in [4.78, 5) is 0. The zero-order valence-corrected chi connectivity index (χ0v) is 8.66. The molecule has 3 heteroatoms. The van der Waals surface area contributed by atoms with Crippen LogP contribution in [0.5, 0.6) is 0 Å². The minimum Gasteiger partial charge on any atom is -0.467 e. The Morgan fingerprint density at radius 2 is 1.80 bits per heavy atom. The quantitative estimate of drug-likeness (QED) is 0.800. The Labute approximate surface area is 89.1 Å². The van der Waals surface area contributed by atoms with Crippen molar-refractivity contribution in [2.45, 2.75) is 6.54 Å². The van der Waals surface area contributed by atoms with E-state index in [0.717, 1.165) is 17.1 Å². The van der Waals surface area contributed by atoms with E-state index in [-0.39, 0.29) is 0 Å². The zero-order chi connectivity index (χ0) is 10.5. The zero-order valence-electron chi connectivity index (χ0n) is 8.66. The summed E-state index contributed by atoms with van der Waals surface area (Å²) in [5.74, 6) is 0.938. The molecule has 2 aromatic rings. The number of nitrogens with one attached hydrogen (secondary N) is 2. The van der Waals surface area contributed by atoms with Gasteiger partial charge in [-0.25, -0.2) is 0 Å². The monoisotopic (exact) mass is 202 g/mol. The highest BCUT2D eigenvalue weighted by molar-refractivity contribution is 5.53.